The summed E-state index contributed by atoms with van der Waals surface area (Å²) in [5, 5.41) is 4.10. The van der Waals surface area contributed by atoms with Crippen LogP contribution in [0.5, 0.6) is 0 Å². The number of nitrogens with zero attached hydrogens (tertiary/aromatic N) is 4. The van der Waals surface area contributed by atoms with Crippen molar-refractivity contribution in [1.82, 2.24) is 14.5 Å². The summed E-state index contributed by atoms with van der Waals surface area (Å²) >= 11 is 0. The average Bonchev–Trinajstić information content (AvgIpc) is 3.48. The van der Waals surface area contributed by atoms with Gasteiger partial charge in [-0.1, -0.05) is 11.2 Å². The number of aromatic nitrogens is 3. The number of amides is 1. The van der Waals surface area contributed by atoms with E-state index in [0.717, 1.165) is 76.6 Å². The third kappa shape index (κ3) is 4.44. The lowest BCUT2D eigenvalue weighted by molar-refractivity contribution is -0.120. The van der Waals surface area contributed by atoms with Gasteiger partial charge >= 0.3 is 0 Å². The highest BCUT2D eigenvalue weighted by atomic mass is 19.2. The van der Waals surface area contributed by atoms with E-state index in [-0.39, 0.29) is 12.0 Å². The first-order chi connectivity index (χ1) is 18.9. The molecule has 0 spiro atoms. The van der Waals surface area contributed by atoms with Gasteiger partial charge in [-0.05, 0) is 81.4 Å². The van der Waals surface area contributed by atoms with Gasteiger partial charge < -0.3 is 14.2 Å². The third-order valence-corrected chi connectivity index (χ3v) is 7.92. The van der Waals surface area contributed by atoms with E-state index in [2.05, 4.69) is 15.6 Å². The van der Waals surface area contributed by atoms with Crippen LogP contribution in [0, 0.1) is 25.5 Å². The van der Waals surface area contributed by atoms with Gasteiger partial charge in [0.25, 0.3) is 0 Å². The van der Waals surface area contributed by atoms with Gasteiger partial charge in [-0.3, -0.25) is 9.20 Å². The Bertz CT molecular complexity index is 1590. The van der Waals surface area contributed by atoms with Gasteiger partial charge in [-0.15, -0.1) is 0 Å². The number of carbonyl (C=O) groups excluding carboxylic acids is 1. The third-order valence-electron chi connectivity index (χ3n) is 7.92. The molecule has 3 aromatic heterocycles. The van der Waals surface area contributed by atoms with Crippen molar-refractivity contribution in [1.29, 1.82) is 0 Å². The molecule has 0 saturated carbocycles. The SMILES string of the molecule is COC1CC=C(c2c([C@@H]3CCCC(=O)N3c3ccc(F)c(F)c3)nc3cc(-c4c(C)noc4C)ccn23)CC1. The second-order valence-electron chi connectivity index (χ2n) is 10.3. The lowest BCUT2D eigenvalue weighted by Crippen LogP contribution is -2.39. The van der Waals surface area contributed by atoms with Crippen LogP contribution < -0.4 is 4.90 Å². The minimum Gasteiger partial charge on any atom is -0.381 e. The number of hydrogen-bond donors (Lipinski definition) is 0. The molecular weight excluding hydrogens is 502 g/mol. The van der Waals surface area contributed by atoms with E-state index in [4.69, 9.17) is 14.2 Å². The Morgan fingerprint density at radius 3 is 2.62 bits per heavy atom. The van der Waals surface area contributed by atoms with Crippen molar-refractivity contribution >= 4 is 22.8 Å². The highest BCUT2D eigenvalue weighted by Gasteiger charge is 2.36. The van der Waals surface area contributed by atoms with E-state index in [1.807, 2.05) is 32.2 Å². The Hall–Kier alpha value is -3.85. The largest absolute Gasteiger partial charge is 0.381 e. The van der Waals surface area contributed by atoms with Crippen LogP contribution in [0.2, 0.25) is 0 Å². The highest BCUT2D eigenvalue weighted by Crippen LogP contribution is 2.41. The van der Waals surface area contributed by atoms with Crippen LogP contribution >= 0.6 is 0 Å². The fraction of sp³-hybridized carbons (Fsp3) is 0.367. The van der Waals surface area contributed by atoms with Crippen LogP contribution in [0.15, 0.2) is 47.1 Å². The van der Waals surface area contributed by atoms with Crippen molar-refractivity contribution in [3.8, 4) is 11.1 Å². The Morgan fingerprint density at radius 2 is 1.92 bits per heavy atom. The van der Waals surface area contributed by atoms with Crippen molar-refractivity contribution < 1.29 is 22.8 Å². The summed E-state index contributed by atoms with van der Waals surface area (Å²) in [7, 11) is 1.73. The number of hydrogen-bond acceptors (Lipinski definition) is 5. The van der Waals surface area contributed by atoms with Gasteiger partial charge in [0, 0.05) is 37.0 Å². The van der Waals surface area contributed by atoms with Gasteiger partial charge in [-0.2, -0.15) is 0 Å². The lowest BCUT2D eigenvalue weighted by Gasteiger charge is -2.35. The molecule has 4 aromatic rings. The fourth-order valence-electron chi connectivity index (χ4n) is 5.99. The molecule has 0 bridgehead atoms. The van der Waals surface area contributed by atoms with E-state index in [1.165, 1.54) is 6.07 Å². The summed E-state index contributed by atoms with van der Waals surface area (Å²) in [5.41, 5.74) is 6.57. The van der Waals surface area contributed by atoms with Crippen molar-refractivity contribution in [2.45, 2.75) is 64.5 Å². The number of pyridine rings is 1. The van der Waals surface area contributed by atoms with Crippen LogP contribution in [0.25, 0.3) is 22.3 Å². The topological polar surface area (TPSA) is 72.9 Å². The maximum atomic E-state index is 14.3. The summed E-state index contributed by atoms with van der Waals surface area (Å²) in [6.45, 7) is 3.79. The number of aryl methyl sites for hydroxylation is 2. The zero-order valence-corrected chi connectivity index (χ0v) is 22.2. The number of fused-ring (bicyclic) bond motifs is 1. The number of carbonyl (C=O) groups is 1. The molecule has 4 heterocycles. The summed E-state index contributed by atoms with van der Waals surface area (Å²) in [6.07, 6.45) is 8.51. The molecule has 1 aliphatic heterocycles. The second kappa shape index (κ2) is 10.0. The minimum atomic E-state index is -0.982. The van der Waals surface area contributed by atoms with Crippen molar-refractivity contribution in [2.75, 3.05) is 12.0 Å². The van der Waals surface area contributed by atoms with Crippen molar-refractivity contribution in [3.05, 3.63) is 77.1 Å². The number of anilines is 1. The Labute approximate surface area is 225 Å². The van der Waals surface area contributed by atoms with E-state index in [0.29, 0.717) is 24.9 Å². The first-order valence-corrected chi connectivity index (χ1v) is 13.3. The van der Waals surface area contributed by atoms with Crippen LogP contribution in [0.4, 0.5) is 14.5 Å². The molecule has 1 aliphatic carbocycles. The summed E-state index contributed by atoms with van der Waals surface area (Å²) < 4.78 is 41.1. The Kier molecular flexibility index (Phi) is 6.54. The van der Waals surface area contributed by atoms with E-state index >= 15 is 0 Å². The smallest absolute Gasteiger partial charge is 0.227 e. The predicted molar refractivity (Wildman–Crippen MR) is 143 cm³/mol. The van der Waals surface area contributed by atoms with Crippen LogP contribution in [-0.4, -0.2) is 33.7 Å². The zero-order chi connectivity index (χ0) is 27.3. The number of rotatable bonds is 5. The number of allylic oxidation sites excluding steroid dienone is 1. The maximum absolute atomic E-state index is 14.3. The molecule has 39 heavy (non-hydrogen) atoms. The van der Waals surface area contributed by atoms with Gasteiger partial charge in [0.1, 0.15) is 11.4 Å². The standard InChI is InChI=1S/C30H30F2N4O3/c1-17-28(18(2)39-34-17)20-13-14-35-26(15-20)33-29(30(35)19-7-10-22(38-3)11-8-19)25-5-4-6-27(37)36(25)21-9-12-23(31)24(32)16-21/h7,9,12-16,22,25H,4-6,8,10-11H2,1-3H3/t22?,25-/m0/s1. The Balaban J connectivity index is 1.53. The summed E-state index contributed by atoms with van der Waals surface area (Å²) in [6, 6.07) is 7.23. The summed E-state index contributed by atoms with van der Waals surface area (Å²) in [5.74, 6) is -1.33. The number of methoxy groups -OCH3 is 1. The van der Waals surface area contributed by atoms with Crippen LogP contribution in [0.3, 0.4) is 0 Å². The molecule has 1 fully saturated rings. The van der Waals surface area contributed by atoms with E-state index < -0.39 is 17.7 Å². The molecule has 1 unspecified atom stereocenters. The van der Waals surface area contributed by atoms with Crippen LogP contribution in [0.1, 0.15) is 67.4 Å². The van der Waals surface area contributed by atoms with Gasteiger partial charge in [-0.25, -0.2) is 13.8 Å². The minimum absolute atomic E-state index is 0.131. The molecular formula is C30H30F2N4O3. The average molecular weight is 533 g/mol. The number of benzene rings is 1. The van der Waals surface area contributed by atoms with Gasteiger partial charge in [0.05, 0.1) is 29.2 Å². The lowest BCUT2D eigenvalue weighted by atomic mass is 9.90. The molecule has 1 amide bonds. The molecule has 6 rings (SSSR count). The quantitative estimate of drug-likeness (QED) is 0.285. The fourth-order valence-corrected chi connectivity index (χ4v) is 5.99. The molecule has 202 valence electrons. The monoisotopic (exact) mass is 532 g/mol. The Morgan fingerprint density at radius 1 is 1.08 bits per heavy atom. The normalized spacial score (nSPS) is 20.1. The van der Waals surface area contributed by atoms with Crippen molar-refractivity contribution in [3.63, 3.8) is 0 Å². The summed E-state index contributed by atoms with van der Waals surface area (Å²) in [4.78, 5) is 20.0. The van der Waals surface area contributed by atoms with E-state index in [9.17, 15) is 13.6 Å². The second-order valence-corrected chi connectivity index (χ2v) is 10.3. The molecule has 9 heteroatoms. The first-order valence-electron chi connectivity index (χ1n) is 13.3. The molecule has 1 saturated heterocycles. The molecule has 2 atom stereocenters. The predicted octanol–water partition coefficient (Wildman–Crippen LogP) is 6.72. The molecule has 7 nitrogen and oxygen atoms in total. The van der Waals surface area contributed by atoms with Gasteiger partial charge in [0.15, 0.2) is 11.6 Å². The molecule has 1 aromatic carbocycles. The number of ether oxygens (including phenoxy) is 1. The van der Waals surface area contributed by atoms with Gasteiger partial charge in [0.2, 0.25) is 5.91 Å². The number of halogens is 2. The van der Waals surface area contributed by atoms with E-state index in [1.54, 1.807) is 12.0 Å². The number of imidazole rings is 1. The maximum Gasteiger partial charge on any atom is 0.227 e. The number of piperidine rings is 1. The zero-order valence-electron chi connectivity index (χ0n) is 22.2. The van der Waals surface area contributed by atoms with Crippen molar-refractivity contribution in [2.24, 2.45) is 0 Å². The molecule has 0 radical (unpaired) electrons. The highest BCUT2D eigenvalue weighted by molar-refractivity contribution is 5.95. The molecule has 2 aliphatic rings. The van der Waals surface area contributed by atoms with Crippen LogP contribution in [-0.2, 0) is 9.53 Å². The first kappa shape index (κ1) is 25.4. The molecule has 0 N–H and O–H groups in total.